The molecule has 3 rings (SSSR count). The zero-order valence-electron chi connectivity index (χ0n) is 17.0. The molecule has 4 heteroatoms. The SMILES string of the molecule is Fc1cc(CC[C@H]2CC[C@H](CCCCC3CCCC3)CC2)ccc1OC(F)F. The summed E-state index contributed by atoms with van der Waals surface area (Å²) >= 11 is 0. The van der Waals surface area contributed by atoms with Crippen molar-refractivity contribution in [2.24, 2.45) is 17.8 Å². The Labute approximate surface area is 168 Å². The standard InChI is InChI=1S/C24H35F3O/c25-22-17-21(15-16-23(22)28-24(26)27)14-13-20-11-9-19(10-12-20)8-4-3-7-18-5-1-2-6-18/h15-20,24H,1-14H2/t19-,20-. The van der Waals surface area contributed by atoms with E-state index in [0.29, 0.717) is 0 Å². The lowest BCUT2D eigenvalue weighted by Gasteiger charge is -2.28. The normalized spacial score (nSPS) is 23.4. The van der Waals surface area contributed by atoms with Crippen molar-refractivity contribution >= 4 is 0 Å². The molecule has 0 unspecified atom stereocenters. The number of hydrogen-bond acceptors (Lipinski definition) is 1. The lowest BCUT2D eigenvalue weighted by molar-refractivity contribution is -0.0522. The summed E-state index contributed by atoms with van der Waals surface area (Å²) in [6, 6.07) is 4.36. The molecule has 0 N–H and O–H groups in total. The molecule has 0 saturated heterocycles. The van der Waals surface area contributed by atoms with E-state index in [1.165, 1.54) is 89.2 Å². The molecule has 0 radical (unpaired) electrons. The van der Waals surface area contributed by atoms with E-state index in [4.69, 9.17) is 0 Å². The molecule has 0 spiro atoms. The van der Waals surface area contributed by atoms with Crippen molar-refractivity contribution in [2.75, 3.05) is 0 Å². The molecule has 0 atom stereocenters. The van der Waals surface area contributed by atoms with E-state index in [2.05, 4.69) is 4.74 Å². The van der Waals surface area contributed by atoms with Crippen LogP contribution in [0.25, 0.3) is 0 Å². The van der Waals surface area contributed by atoms with E-state index in [9.17, 15) is 13.2 Å². The van der Waals surface area contributed by atoms with Crippen LogP contribution < -0.4 is 4.74 Å². The quantitative estimate of drug-likeness (QED) is 0.365. The minimum atomic E-state index is -2.99. The van der Waals surface area contributed by atoms with Gasteiger partial charge in [-0.2, -0.15) is 8.78 Å². The molecule has 0 bridgehead atoms. The number of halogens is 3. The van der Waals surface area contributed by atoms with Gasteiger partial charge in [0.2, 0.25) is 0 Å². The maximum Gasteiger partial charge on any atom is 0.387 e. The van der Waals surface area contributed by atoms with Crippen molar-refractivity contribution in [3.8, 4) is 5.75 Å². The van der Waals surface area contributed by atoms with E-state index < -0.39 is 12.4 Å². The third kappa shape index (κ3) is 7.00. The average molecular weight is 397 g/mol. The monoisotopic (exact) mass is 396 g/mol. The molecule has 2 aliphatic carbocycles. The summed E-state index contributed by atoms with van der Waals surface area (Å²) in [5, 5.41) is 0. The van der Waals surface area contributed by atoms with Crippen molar-refractivity contribution in [1.82, 2.24) is 0 Å². The number of aryl methyl sites for hydroxylation is 1. The summed E-state index contributed by atoms with van der Waals surface area (Å²) in [6.45, 7) is -2.99. The van der Waals surface area contributed by atoms with Crippen molar-refractivity contribution < 1.29 is 17.9 Å². The topological polar surface area (TPSA) is 9.23 Å². The molecule has 1 aromatic rings. The summed E-state index contributed by atoms with van der Waals surface area (Å²) in [7, 11) is 0. The highest BCUT2D eigenvalue weighted by atomic mass is 19.3. The van der Waals surface area contributed by atoms with Gasteiger partial charge < -0.3 is 4.74 Å². The fourth-order valence-electron chi connectivity index (χ4n) is 5.24. The van der Waals surface area contributed by atoms with Gasteiger partial charge in [-0.25, -0.2) is 4.39 Å². The van der Waals surface area contributed by atoms with Gasteiger partial charge in [0.05, 0.1) is 0 Å². The van der Waals surface area contributed by atoms with Gasteiger partial charge in [0.15, 0.2) is 11.6 Å². The second-order valence-electron chi connectivity index (χ2n) is 9.00. The molecule has 2 aliphatic rings. The zero-order valence-corrected chi connectivity index (χ0v) is 17.0. The first-order chi connectivity index (χ1) is 13.6. The number of hydrogen-bond donors (Lipinski definition) is 0. The summed E-state index contributed by atoms with van der Waals surface area (Å²) < 4.78 is 42.4. The van der Waals surface area contributed by atoms with Gasteiger partial charge in [0.1, 0.15) is 0 Å². The average Bonchev–Trinajstić information content (AvgIpc) is 3.20. The van der Waals surface area contributed by atoms with E-state index in [1.54, 1.807) is 6.07 Å². The van der Waals surface area contributed by atoms with E-state index in [-0.39, 0.29) is 5.75 Å². The van der Waals surface area contributed by atoms with Crippen LogP contribution in [0.1, 0.15) is 89.0 Å². The fourth-order valence-corrected chi connectivity index (χ4v) is 5.24. The third-order valence-electron chi connectivity index (χ3n) is 6.97. The number of benzene rings is 1. The lowest BCUT2D eigenvalue weighted by atomic mass is 9.77. The van der Waals surface area contributed by atoms with Crippen LogP contribution in [-0.2, 0) is 6.42 Å². The van der Waals surface area contributed by atoms with Crippen molar-refractivity contribution in [2.45, 2.75) is 96.5 Å². The Morgan fingerprint density at radius 3 is 1.96 bits per heavy atom. The van der Waals surface area contributed by atoms with Gasteiger partial charge in [-0.05, 0) is 48.3 Å². The Morgan fingerprint density at radius 1 is 0.821 bits per heavy atom. The molecule has 1 nitrogen and oxygen atoms in total. The highest BCUT2D eigenvalue weighted by Crippen LogP contribution is 2.35. The largest absolute Gasteiger partial charge is 0.432 e. The predicted octanol–water partition coefficient (Wildman–Crippen LogP) is 7.92. The van der Waals surface area contributed by atoms with Crippen LogP contribution in [0, 0.1) is 23.6 Å². The van der Waals surface area contributed by atoms with Crippen LogP contribution in [0.15, 0.2) is 18.2 Å². The van der Waals surface area contributed by atoms with Crippen LogP contribution >= 0.6 is 0 Å². The molecular formula is C24H35F3O. The van der Waals surface area contributed by atoms with Crippen molar-refractivity contribution in [1.29, 1.82) is 0 Å². The summed E-state index contributed by atoms with van der Waals surface area (Å²) in [4.78, 5) is 0. The van der Waals surface area contributed by atoms with E-state index >= 15 is 0 Å². The van der Waals surface area contributed by atoms with Gasteiger partial charge in [0.25, 0.3) is 0 Å². The minimum absolute atomic E-state index is 0.368. The Balaban J connectivity index is 1.29. The van der Waals surface area contributed by atoms with Gasteiger partial charge in [-0.1, -0.05) is 83.1 Å². The van der Waals surface area contributed by atoms with Crippen LogP contribution in [0.4, 0.5) is 13.2 Å². The van der Waals surface area contributed by atoms with Crippen LogP contribution in [0.2, 0.25) is 0 Å². The van der Waals surface area contributed by atoms with Gasteiger partial charge in [-0.3, -0.25) is 0 Å². The first kappa shape index (κ1) is 21.5. The lowest BCUT2D eigenvalue weighted by Crippen LogP contribution is -2.15. The van der Waals surface area contributed by atoms with Crippen molar-refractivity contribution in [3.05, 3.63) is 29.6 Å². The molecule has 1 aromatic carbocycles. The molecule has 2 fully saturated rings. The van der Waals surface area contributed by atoms with Crippen LogP contribution in [-0.4, -0.2) is 6.61 Å². The first-order valence-electron chi connectivity index (χ1n) is 11.3. The molecule has 0 heterocycles. The van der Waals surface area contributed by atoms with Gasteiger partial charge in [0, 0.05) is 0 Å². The second-order valence-corrected chi connectivity index (χ2v) is 9.00. The Bertz CT molecular complexity index is 575. The summed E-state index contributed by atoms with van der Waals surface area (Å²) in [5.41, 5.74) is 0.869. The number of unbranched alkanes of at least 4 members (excludes halogenated alkanes) is 1. The number of alkyl halides is 2. The maximum atomic E-state index is 13.8. The summed E-state index contributed by atoms with van der Waals surface area (Å²) in [5.74, 6) is 1.58. The predicted molar refractivity (Wildman–Crippen MR) is 107 cm³/mol. The Kier molecular flexibility index (Phi) is 8.54. The fraction of sp³-hybridized carbons (Fsp3) is 0.750. The second kappa shape index (κ2) is 11.1. The highest BCUT2D eigenvalue weighted by molar-refractivity contribution is 5.29. The van der Waals surface area contributed by atoms with Crippen LogP contribution in [0.3, 0.4) is 0 Å². The Hall–Kier alpha value is -1.19. The molecule has 0 aromatic heterocycles. The van der Waals surface area contributed by atoms with E-state index in [0.717, 1.165) is 36.2 Å². The highest BCUT2D eigenvalue weighted by Gasteiger charge is 2.21. The number of rotatable bonds is 10. The number of ether oxygens (including phenoxy) is 1. The van der Waals surface area contributed by atoms with Gasteiger partial charge in [-0.15, -0.1) is 0 Å². The minimum Gasteiger partial charge on any atom is -0.432 e. The van der Waals surface area contributed by atoms with E-state index in [1.807, 2.05) is 0 Å². The smallest absolute Gasteiger partial charge is 0.387 e. The van der Waals surface area contributed by atoms with Crippen molar-refractivity contribution in [3.63, 3.8) is 0 Å². The third-order valence-corrected chi connectivity index (χ3v) is 6.97. The molecule has 0 amide bonds. The molecule has 0 aliphatic heterocycles. The van der Waals surface area contributed by atoms with Gasteiger partial charge >= 0.3 is 6.61 Å². The summed E-state index contributed by atoms with van der Waals surface area (Å²) in [6.07, 6.45) is 18.6. The zero-order chi connectivity index (χ0) is 19.8. The molecule has 28 heavy (non-hydrogen) atoms. The molecule has 158 valence electrons. The molecular weight excluding hydrogens is 361 g/mol. The Morgan fingerprint density at radius 2 is 1.39 bits per heavy atom. The van der Waals surface area contributed by atoms with Crippen LogP contribution in [0.5, 0.6) is 5.75 Å². The molecule has 2 saturated carbocycles. The maximum absolute atomic E-state index is 13.8. The first-order valence-corrected chi connectivity index (χ1v) is 11.3.